The highest BCUT2D eigenvalue weighted by Gasteiger charge is 2.36. The molecule has 154 valence electrons. The van der Waals surface area contributed by atoms with Crippen LogP contribution in [0.1, 0.15) is 12.5 Å². The Balaban J connectivity index is 1.33. The van der Waals surface area contributed by atoms with Gasteiger partial charge in [-0.2, -0.15) is 0 Å². The van der Waals surface area contributed by atoms with Gasteiger partial charge in [0.15, 0.2) is 11.5 Å². The van der Waals surface area contributed by atoms with E-state index in [4.69, 9.17) is 9.47 Å². The lowest BCUT2D eigenvalue weighted by molar-refractivity contribution is -0.133. The van der Waals surface area contributed by atoms with Crippen LogP contribution in [0.4, 0.5) is 4.79 Å². The molecular weight excluding hydrogens is 404 g/mol. The fourth-order valence-electron chi connectivity index (χ4n) is 3.19. The lowest BCUT2D eigenvalue weighted by Crippen LogP contribution is -2.50. The molecule has 2 heterocycles. The number of carbonyl (C=O) groups excluding carboxylic acids is 3. The summed E-state index contributed by atoms with van der Waals surface area (Å²) >= 11 is 0.897. The number of hydrogen-bond acceptors (Lipinski definition) is 6. The smallest absolute Gasteiger partial charge is 0.293 e. The van der Waals surface area contributed by atoms with Crippen LogP contribution in [0.15, 0.2) is 59.5 Å². The Morgan fingerprint density at radius 1 is 1.07 bits per heavy atom. The molecule has 3 amide bonds. The van der Waals surface area contributed by atoms with E-state index in [0.29, 0.717) is 16.4 Å². The number of nitrogens with one attached hydrogen (secondary N) is 1. The van der Waals surface area contributed by atoms with Crippen LogP contribution in [-0.4, -0.2) is 47.3 Å². The van der Waals surface area contributed by atoms with Crippen molar-refractivity contribution in [3.8, 4) is 11.5 Å². The molecule has 7 nitrogen and oxygen atoms in total. The molecule has 2 aliphatic heterocycles. The van der Waals surface area contributed by atoms with Crippen LogP contribution in [0.3, 0.4) is 0 Å². The third-order valence-electron chi connectivity index (χ3n) is 4.71. The predicted molar refractivity (Wildman–Crippen MR) is 113 cm³/mol. The van der Waals surface area contributed by atoms with Gasteiger partial charge in [0.25, 0.3) is 17.1 Å². The molecular formula is C22H20N2O5S. The van der Waals surface area contributed by atoms with E-state index in [-0.39, 0.29) is 30.1 Å². The monoisotopic (exact) mass is 424 g/mol. The van der Waals surface area contributed by atoms with Crippen LogP contribution in [0.25, 0.3) is 6.08 Å². The van der Waals surface area contributed by atoms with E-state index in [1.54, 1.807) is 31.2 Å². The van der Waals surface area contributed by atoms with Gasteiger partial charge in [-0.3, -0.25) is 19.3 Å². The summed E-state index contributed by atoms with van der Waals surface area (Å²) in [4.78, 5) is 38.8. The normalized spacial score (nSPS) is 21.8. The number of rotatable bonds is 5. The first-order valence-corrected chi connectivity index (χ1v) is 10.3. The number of thioether (sulfide) groups is 1. The Morgan fingerprint density at radius 3 is 2.47 bits per heavy atom. The van der Waals surface area contributed by atoms with Gasteiger partial charge in [-0.15, -0.1) is 0 Å². The topological polar surface area (TPSA) is 84.9 Å². The fraction of sp³-hybridized carbons (Fsp3) is 0.227. The molecule has 0 aromatic heterocycles. The van der Waals surface area contributed by atoms with E-state index >= 15 is 0 Å². The van der Waals surface area contributed by atoms with Gasteiger partial charge in [-0.25, -0.2) is 0 Å². The molecule has 4 rings (SSSR count). The molecule has 2 unspecified atom stereocenters. The number of fused-ring (bicyclic) bond motifs is 1. The first-order chi connectivity index (χ1) is 14.5. The molecule has 2 aromatic rings. The van der Waals surface area contributed by atoms with Gasteiger partial charge < -0.3 is 14.8 Å². The number of imide groups is 1. The van der Waals surface area contributed by atoms with Crippen molar-refractivity contribution < 1.29 is 23.9 Å². The van der Waals surface area contributed by atoms with Crippen molar-refractivity contribution in [2.45, 2.75) is 19.1 Å². The zero-order valence-corrected chi connectivity index (χ0v) is 17.1. The van der Waals surface area contributed by atoms with E-state index in [2.05, 4.69) is 5.32 Å². The molecule has 2 atom stereocenters. The third kappa shape index (κ3) is 4.18. The van der Waals surface area contributed by atoms with Crippen molar-refractivity contribution in [1.82, 2.24) is 10.2 Å². The summed E-state index contributed by atoms with van der Waals surface area (Å²) in [6, 6.07) is 16.5. The minimum absolute atomic E-state index is 0.0844. The van der Waals surface area contributed by atoms with E-state index < -0.39 is 12.2 Å². The van der Waals surface area contributed by atoms with Crippen molar-refractivity contribution in [3.63, 3.8) is 0 Å². The van der Waals surface area contributed by atoms with Gasteiger partial charge >= 0.3 is 0 Å². The molecule has 0 radical (unpaired) electrons. The van der Waals surface area contributed by atoms with E-state index in [1.165, 1.54) is 0 Å². The first kappa shape index (κ1) is 20.0. The highest BCUT2D eigenvalue weighted by atomic mass is 32.2. The van der Waals surface area contributed by atoms with Gasteiger partial charge in [-0.1, -0.05) is 42.5 Å². The summed E-state index contributed by atoms with van der Waals surface area (Å²) in [7, 11) is 0. The highest BCUT2D eigenvalue weighted by molar-refractivity contribution is 8.18. The summed E-state index contributed by atoms with van der Waals surface area (Å²) in [5.41, 5.74) is 0.847. The van der Waals surface area contributed by atoms with Gasteiger partial charge in [0.2, 0.25) is 6.10 Å². The molecule has 2 aliphatic rings. The first-order valence-electron chi connectivity index (χ1n) is 9.53. The summed E-state index contributed by atoms with van der Waals surface area (Å²) in [6.07, 6.45) is 0.411. The maximum atomic E-state index is 12.5. The second-order valence-corrected chi connectivity index (χ2v) is 7.84. The van der Waals surface area contributed by atoms with Crippen molar-refractivity contribution in [1.29, 1.82) is 0 Å². The molecule has 2 aromatic carbocycles. The van der Waals surface area contributed by atoms with Crippen LogP contribution in [0.5, 0.6) is 11.5 Å². The second kappa shape index (κ2) is 8.62. The van der Waals surface area contributed by atoms with Crippen LogP contribution >= 0.6 is 11.8 Å². The molecule has 8 heteroatoms. The zero-order chi connectivity index (χ0) is 21.1. The quantitative estimate of drug-likeness (QED) is 0.743. The zero-order valence-electron chi connectivity index (χ0n) is 16.2. The number of hydrogen-bond donors (Lipinski definition) is 1. The van der Waals surface area contributed by atoms with E-state index in [9.17, 15) is 14.4 Å². The number of nitrogens with zero attached hydrogens (tertiary/aromatic N) is 1. The lowest BCUT2D eigenvalue weighted by atomic mass is 10.1. The SMILES string of the molecule is CC1Oc2ccccc2OC1C(=O)NCCN1C(=O)S/C(=C\c2ccccc2)C1=O. The minimum atomic E-state index is -0.812. The molecule has 30 heavy (non-hydrogen) atoms. The highest BCUT2D eigenvalue weighted by Crippen LogP contribution is 2.34. The standard InChI is InChI=1S/C22H20N2O5S/c1-14-19(29-17-10-6-5-9-16(17)28-14)20(25)23-11-12-24-21(26)18(30-22(24)27)13-15-7-3-2-4-8-15/h2-10,13-14,19H,11-12H2,1H3,(H,23,25)/b18-13-. The largest absolute Gasteiger partial charge is 0.482 e. The van der Waals surface area contributed by atoms with Crippen molar-refractivity contribution >= 4 is 34.9 Å². The molecule has 1 N–H and O–H groups in total. The predicted octanol–water partition coefficient (Wildman–Crippen LogP) is 3.07. The molecule has 0 saturated carbocycles. The summed E-state index contributed by atoms with van der Waals surface area (Å²) in [5.74, 6) is 0.385. The van der Waals surface area contributed by atoms with Crippen molar-refractivity contribution in [2.75, 3.05) is 13.1 Å². The van der Waals surface area contributed by atoms with Gasteiger partial charge in [0.1, 0.15) is 6.10 Å². The van der Waals surface area contributed by atoms with Crippen molar-refractivity contribution in [3.05, 3.63) is 65.1 Å². The number of benzene rings is 2. The Hall–Kier alpha value is -3.26. The number of para-hydroxylation sites is 2. The molecule has 1 fully saturated rings. The summed E-state index contributed by atoms with van der Waals surface area (Å²) in [6.45, 7) is 1.97. The maximum absolute atomic E-state index is 12.5. The average Bonchev–Trinajstić information content (AvgIpc) is 3.01. The molecule has 0 bridgehead atoms. The lowest BCUT2D eigenvalue weighted by Gasteiger charge is -2.31. The summed E-state index contributed by atoms with van der Waals surface area (Å²) < 4.78 is 11.5. The Labute approximate surface area is 178 Å². The minimum Gasteiger partial charge on any atom is -0.482 e. The van der Waals surface area contributed by atoms with E-state index in [0.717, 1.165) is 22.2 Å². The third-order valence-corrected chi connectivity index (χ3v) is 5.61. The molecule has 1 saturated heterocycles. The number of amides is 3. The second-order valence-electron chi connectivity index (χ2n) is 6.84. The Bertz CT molecular complexity index is 1010. The average molecular weight is 424 g/mol. The van der Waals surface area contributed by atoms with Crippen molar-refractivity contribution in [2.24, 2.45) is 0 Å². The van der Waals surface area contributed by atoms with E-state index in [1.807, 2.05) is 36.4 Å². The van der Waals surface area contributed by atoms with Crippen LogP contribution in [0.2, 0.25) is 0 Å². The molecule has 0 aliphatic carbocycles. The molecule has 0 spiro atoms. The Kier molecular flexibility index (Phi) is 5.76. The van der Waals surface area contributed by atoms with Crippen LogP contribution < -0.4 is 14.8 Å². The summed E-state index contributed by atoms with van der Waals surface area (Å²) in [5, 5.41) is 2.38. The van der Waals surface area contributed by atoms with Crippen LogP contribution in [0, 0.1) is 0 Å². The van der Waals surface area contributed by atoms with Crippen LogP contribution in [-0.2, 0) is 9.59 Å². The maximum Gasteiger partial charge on any atom is 0.293 e. The number of carbonyl (C=O) groups is 3. The van der Waals surface area contributed by atoms with Gasteiger partial charge in [0.05, 0.1) is 4.91 Å². The Morgan fingerprint density at radius 2 is 1.73 bits per heavy atom. The fourth-order valence-corrected chi connectivity index (χ4v) is 4.06. The van der Waals surface area contributed by atoms with Gasteiger partial charge in [0, 0.05) is 13.1 Å². The van der Waals surface area contributed by atoms with Gasteiger partial charge in [-0.05, 0) is 42.5 Å². The number of ether oxygens (including phenoxy) is 2.